The van der Waals surface area contributed by atoms with Crippen LogP contribution in [0.1, 0.15) is 39.1 Å². The van der Waals surface area contributed by atoms with E-state index in [-0.39, 0.29) is 11.2 Å². The van der Waals surface area contributed by atoms with Crippen LogP contribution in [0.2, 0.25) is 0 Å². The van der Waals surface area contributed by atoms with Gasteiger partial charge in [0.25, 0.3) is 0 Å². The fraction of sp³-hybridized carbons (Fsp3) is 0.647. The third kappa shape index (κ3) is 4.44. The van der Waals surface area contributed by atoms with Gasteiger partial charge in [0.2, 0.25) is 13.1 Å². The smallest absolute Gasteiger partial charge is 0.203 e. The van der Waals surface area contributed by atoms with Crippen LogP contribution in [0.3, 0.4) is 0 Å². The topological polar surface area (TPSA) is 133 Å². The van der Waals surface area contributed by atoms with Crippen LogP contribution in [-0.4, -0.2) is 64.5 Å². The van der Waals surface area contributed by atoms with Gasteiger partial charge in [-0.1, -0.05) is 0 Å². The average Bonchev–Trinajstić information content (AvgIpc) is 3.06. The summed E-state index contributed by atoms with van der Waals surface area (Å²) in [5, 5.41) is 30.2. The third-order valence-electron chi connectivity index (χ3n) is 4.59. The van der Waals surface area contributed by atoms with E-state index >= 15 is 0 Å². The summed E-state index contributed by atoms with van der Waals surface area (Å²) in [6.07, 6.45) is -2.53. The molecule has 2 aromatic rings. The molecule has 0 saturated carbocycles. The molecule has 11 heteroatoms. The lowest BCUT2D eigenvalue weighted by Crippen LogP contribution is -2.33. The van der Waals surface area contributed by atoms with Gasteiger partial charge in [-0.2, -0.15) is 0 Å². The lowest BCUT2D eigenvalue weighted by Gasteiger charge is -2.27. The molecule has 3 heterocycles. The molecule has 1 aliphatic rings. The minimum absolute atomic E-state index is 0.219. The van der Waals surface area contributed by atoms with Gasteiger partial charge in [0.15, 0.2) is 6.23 Å². The second-order valence-corrected chi connectivity index (χ2v) is 9.87. The Hall–Kier alpha value is -0.970. The predicted octanol–water partition coefficient (Wildman–Crippen LogP) is 1.85. The number of aryl methyl sites for hydroxylation is 1. The maximum atomic E-state index is 10.5. The van der Waals surface area contributed by atoms with Crippen molar-refractivity contribution in [3.05, 3.63) is 22.7 Å². The Morgan fingerprint density at radius 1 is 1.43 bits per heavy atom. The number of ether oxygens (including phenoxy) is 1. The van der Waals surface area contributed by atoms with Gasteiger partial charge in [0.05, 0.1) is 12.2 Å². The van der Waals surface area contributed by atoms with E-state index in [9.17, 15) is 20.2 Å². The lowest BCUT2D eigenvalue weighted by molar-refractivity contribution is -0.0488. The molecule has 0 aliphatic carbocycles. The highest BCUT2D eigenvalue weighted by atomic mass is 32.1. The quantitative estimate of drug-likeness (QED) is 0.346. The number of hydrogen-bond donors (Lipinski definition) is 5. The van der Waals surface area contributed by atoms with Crippen molar-refractivity contribution in [1.29, 1.82) is 0 Å². The number of aromatic nitrogens is 3. The Bertz CT molecular complexity index is 897. The van der Waals surface area contributed by atoms with E-state index in [0.29, 0.717) is 5.65 Å². The summed E-state index contributed by atoms with van der Waals surface area (Å²) in [5.74, 6) is 0. The van der Waals surface area contributed by atoms with E-state index in [4.69, 9.17) is 21.5 Å². The molecular weight excluding hydrogens is 405 g/mol. The van der Waals surface area contributed by atoms with Crippen molar-refractivity contribution in [2.24, 2.45) is 0 Å². The number of hydrogen-bond acceptors (Lipinski definition) is 8. The van der Waals surface area contributed by atoms with Crippen molar-refractivity contribution in [1.82, 2.24) is 14.5 Å². The monoisotopic (exact) mass is 431 g/mol. The highest BCUT2D eigenvalue weighted by molar-refractivity contribution is 7.71. The largest absolute Gasteiger partial charge is 0.388 e. The van der Waals surface area contributed by atoms with Crippen LogP contribution >= 0.6 is 20.6 Å². The van der Waals surface area contributed by atoms with Gasteiger partial charge in [-0.05, 0) is 46.0 Å². The first-order valence-corrected chi connectivity index (χ1v) is 10.6. The SMILES string of the molecule is Cc1cc2cn([C@@H]3O[C@H](CC(C)OP(O)C(C)(C)O)C(O)C3O)c(=S)nc2[nH]1. The van der Waals surface area contributed by atoms with Gasteiger partial charge >= 0.3 is 0 Å². The van der Waals surface area contributed by atoms with Crippen molar-refractivity contribution in [3.8, 4) is 0 Å². The van der Waals surface area contributed by atoms with Crippen molar-refractivity contribution >= 4 is 31.6 Å². The second kappa shape index (κ2) is 8.04. The Labute approximate surface area is 168 Å². The molecule has 1 aliphatic heterocycles. The molecule has 0 aromatic carbocycles. The highest BCUT2D eigenvalue weighted by Crippen LogP contribution is 2.46. The van der Waals surface area contributed by atoms with E-state index in [1.165, 1.54) is 18.4 Å². The number of nitrogens with one attached hydrogen (secondary N) is 1. The summed E-state index contributed by atoms with van der Waals surface area (Å²) in [6.45, 7) is 6.52. The zero-order valence-corrected chi connectivity index (χ0v) is 17.8. The van der Waals surface area contributed by atoms with E-state index in [2.05, 4.69) is 9.97 Å². The number of aromatic amines is 1. The summed E-state index contributed by atoms with van der Waals surface area (Å²) in [7, 11) is -2.06. The Kier molecular flexibility index (Phi) is 6.24. The molecule has 28 heavy (non-hydrogen) atoms. The van der Waals surface area contributed by atoms with Crippen molar-refractivity contribution in [3.63, 3.8) is 0 Å². The fourth-order valence-corrected chi connectivity index (χ4v) is 4.08. The van der Waals surface area contributed by atoms with E-state index in [0.717, 1.165) is 11.1 Å². The predicted molar refractivity (Wildman–Crippen MR) is 106 cm³/mol. The van der Waals surface area contributed by atoms with Crippen LogP contribution < -0.4 is 0 Å². The zero-order valence-electron chi connectivity index (χ0n) is 16.1. The number of H-pyrrole nitrogens is 1. The van der Waals surface area contributed by atoms with Gasteiger partial charge in [-0.3, -0.25) is 4.57 Å². The summed E-state index contributed by atoms with van der Waals surface area (Å²) < 4.78 is 13.1. The number of rotatable bonds is 6. The Morgan fingerprint density at radius 2 is 2.11 bits per heavy atom. The van der Waals surface area contributed by atoms with Crippen molar-refractivity contribution in [2.75, 3.05) is 0 Å². The van der Waals surface area contributed by atoms with Crippen LogP contribution in [0.15, 0.2) is 12.3 Å². The molecule has 156 valence electrons. The molecule has 4 unspecified atom stereocenters. The second-order valence-electron chi connectivity index (χ2n) is 7.65. The standard InChI is InChI=1S/C17H26N3O6PS/c1-8-5-10-7-20(16(28)19-14(10)18-8)15-13(22)12(21)11(25-15)6-9(2)26-27(24)17(3,4)23/h5,7,9,11-13,15,21-24H,6H2,1-4H3,(H,18,19,28)/t9?,11-,12?,13?,15-,27?/m1/s1. The molecule has 0 radical (unpaired) electrons. The van der Waals surface area contributed by atoms with Crippen LogP contribution in [0.4, 0.5) is 0 Å². The van der Waals surface area contributed by atoms with E-state index in [1.807, 2.05) is 13.0 Å². The molecule has 0 spiro atoms. The summed E-state index contributed by atoms with van der Waals surface area (Å²) in [4.78, 5) is 17.3. The first-order valence-electron chi connectivity index (χ1n) is 8.95. The van der Waals surface area contributed by atoms with Crippen LogP contribution in [0.25, 0.3) is 11.0 Å². The molecular formula is C17H26N3O6PS. The van der Waals surface area contributed by atoms with Crippen LogP contribution in [0, 0.1) is 11.7 Å². The molecule has 6 atom stereocenters. The lowest BCUT2D eigenvalue weighted by atomic mass is 10.1. The van der Waals surface area contributed by atoms with Gasteiger partial charge in [-0.25, -0.2) is 4.98 Å². The van der Waals surface area contributed by atoms with E-state index < -0.39 is 44.4 Å². The fourth-order valence-electron chi connectivity index (χ4n) is 3.15. The number of aliphatic hydroxyl groups excluding tert-OH is 2. The first-order chi connectivity index (χ1) is 13.0. The van der Waals surface area contributed by atoms with Crippen molar-refractivity contribution < 1.29 is 29.5 Å². The van der Waals surface area contributed by atoms with Gasteiger partial charge in [0.1, 0.15) is 23.2 Å². The molecule has 9 nitrogen and oxygen atoms in total. The van der Waals surface area contributed by atoms with Gasteiger partial charge in [-0.15, -0.1) is 0 Å². The summed E-state index contributed by atoms with van der Waals surface area (Å²) in [6, 6.07) is 1.90. The maximum Gasteiger partial charge on any atom is 0.203 e. The minimum atomic E-state index is -2.06. The molecule has 3 rings (SSSR count). The van der Waals surface area contributed by atoms with Crippen molar-refractivity contribution in [2.45, 2.75) is 70.1 Å². The molecule has 0 amide bonds. The highest BCUT2D eigenvalue weighted by Gasteiger charge is 2.44. The molecule has 2 aromatic heterocycles. The van der Waals surface area contributed by atoms with Crippen LogP contribution in [-0.2, 0) is 9.26 Å². The number of aliphatic hydroxyl groups is 3. The molecule has 1 saturated heterocycles. The van der Waals surface area contributed by atoms with Crippen LogP contribution in [0.5, 0.6) is 0 Å². The maximum absolute atomic E-state index is 10.5. The summed E-state index contributed by atoms with van der Waals surface area (Å²) >= 11 is 5.32. The first kappa shape index (κ1) is 21.7. The Morgan fingerprint density at radius 3 is 2.75 bits per heavy atom. The van der Waals surface area contributed by atoms with Gasteiger partial charge < -0.3 is 34.5 Å². The molecule has 0 bridgehead atoms. The minimum Gasteiger partial charge on any atom is -0.388 e. The number of fused-ring (bicyclic) bond motifs is 1. The third-order valence-corrected chi connectivity index (χ3v) is 6.39. The average molecular weight is 431 g/mol. The zero-order chi connectivity index (χ0) is 20.8. The molecule has 1 fully saturated rings. The van der Waals surface area contributed by atoms with E-state index in [1.54, 1.807) is 13.1 Å². The molecule has 5 N–H and O–H groups in total. The summed E-state index contributed by atoms with van der Waals surface area (Å²) in [5.41, 5.74) is 1.58. The normalized spacial score (nSPS) is 28.0. The Balaban J connectivity index is 1.75. The number of nitrogens with zero attached hydrogens (tertiary/aromatic N) is 2. The van der Waals surface area contributed by atoms with Gasteiger partial charge in [0, 0.05) is 23.7 Å².